The molecule has 0 atom stereocenters. The number of ether oxygens (including phenoxy) is 1. The van der Waals surface area contributed by atoms with Gasteiger partial charge in [0.1, 0.15) is 17.4 Å². The average molecular weight is 479 g/mol. The van der Waals surface area contributed by atoms with Gasteiger partial charge in [-0.25, -0.2) is 10.4 Å². The number of H-pyrrole nitrogens is 1. The number of aromatic nitrogens is 2. The summed E-state index contributed by atoms with van der Waals surface area (Å²) in [5, 5.41) is 16.3. The number of benzene rings is 3. The summed E-state index contributed by atoms with van der Waals surface area (Å²) >= 11 is 0. The molecule has 0 radical (unpaired) electrons. The Morgan fingerprint density at radius 2 is 1.72 bits per heavy atom. The number of hydrogen-bond donors (Lipinski definition) is 3. The Hall–Kier alpha value is -5.23. The van der Waals surface area contributed by atoms with Crippen LogP contribution in [0.1, 0.15) is 16.7 Å². The van der Waals surface area contributed by atoms with E-state index in [1.807, 2.05) is 42.5 Å². The van der Waals surface area contributed by atoms with Crippen LogP contribution in [0.3, 0.4) is 0 Å². The van der Waals surface area contributed by atoms with Crippen LogP contribution in [0.4, 0.5) is 5.95 Å². The molecule has 1 aromatic heterocycles. The van der Waals surface area contributed by atoms with Crippen LogP contribution in [0.25, 0.3) is 11.3 Å². The minimum absolute atomic E-state index is 0.0767. The van der Waals surface area contributed by atoms with E-state index in [4.69, 9.17) is 4.74 Å². The zero-order valence-electron chi connectivity index (χ0n) is 19.1. The smallest absolute Gasteiger partial charge is 0.270 e. The van der Waals surface area contributed by atoms with E-state index in [9.17, 15) is 14.9 Å². The van der Waals surface area contributed by atoms with Gasteiger partial charge in [-0.05, 0) is 17.7 Å². The maximum Gasteiger partial charge on any atom is 0.270 e. The summed E-state index contributed by atoms with van der Waals surface area (Å²) < 4.78 is 5.68. The van der Waals surface area contributed by atoms with E-state index in [1.54, 1.807) is 48.5 Å². The van der Waals surface area contributed by atoms with Crippen molar-refractivity contribution in [3.05, 3.63) is 112 Å². The molecule has 0 aliphatic heterocycles. The standard InChI is InChI=1S/C27H22N6O3/c28-15-22-25(20-11-5-2-6-12-20)31-27(32-26(22)35)33-30-17-21-13-7-8-14-23(21)36-18-24(34)29-16-19-9-3-1-4-10-19/h1-14,17H,16,18H2,(H,29,34)(H2,31,32,33,35). The highest BCUT2D eigenvalue weighted by molar-refractivity contribution is 5.84. The number of nitriles is 1. The van der Waals surface area contributed by atoms with Crippen LogP contribution in [0, 0.1) is 11.3 Å². The lowest BCUT2D eigenvalue weighted by atomic mass is 10.1. The Morgan fingerprint density at radius 3 is 2.47 bits per heavy atom. The highest BCUT2D eigenvalue weighted by atomic mass is 16.5. The molecule has 0 aliphatic rings. The highest BCUT2D eigenvalue weighted by Gasteiger charge is 2.13. The Kier molecular flexibility index (Phi) is 7.81. The van der Waals surface area contributed by atoms with Gasteiger partial charge < -0.3 is 10.1 Å². The monoisotopic (exact) mass is 478 g/mol. The zero-order chi connectivity index (χ0) is 25.2. The number of nitrogens with zero attached hydrogens (tertiary/aromatic N) is 3. The van der Waals surface area contributed by atoms with E-state index < -0.39 is 5.56 Å². The second kappa shape index (κ2) is 11.8. The quantitative estimate of drug-likeness (QED) is 0.249. The van der Waals surface area contributed by atoms with Crippen molar-refractivity contribution < 1.29 is 9.53 Å². The molecule has 0 spiro atoms. The summed E-state index contributed by atoms with van der Waals surface area (Å²) in [6, 6.07) is 27.5. The van der Waals surface area contributed by atoms with E-state index in [2.05, 4.69) is 25.8 Å². The molecule has 1 amide bonds. The van der Waals surface area contributed by atoms with Crippen LogP contribution < -0.4 is 21.0 Å². The predicted molar refractivity (Wildman–Crippen MR) is 136 cm³/mol. The number of amides is 1. The Morgan fingerprint density at radius 1 is 1.03 bits per heavy atom. The molecule has 36 heavy (non-hydrogen) atoms. The number of aromatic amines is 1. The predicted octanol–water partition coefficient (Wildman–Crippen LogP) is 3.45. The molecule has 3 aromatic carbocycles. The first kappa shape index (κ1) is 23.9. The van der Waals surface area contributed by atoms with Gasteiger partial charge in [0.25, 0.3) is 11.5 Å². The second-order valence-electron chi connectivity index (χ2n) is 7.57. The number of rotatable bonds is 9. The lowest BCUT2D eigenvalue weighted by Gasteiger charge is -2.10. The van der Waals surface area contributed by atoms with Gasteiger partial charge in [-0.2, -0.15) is 10.4 Å². The molecule has 4 aromatic rings. The maximum atomic E-state index is 12.4. The first-order chi connectivity index (χ1) is 17.6. The second-order valence-corrected chi connectivity index (χ2v) is 7.57. The van der Waals surface area contributed by atoms with Crippen LogP contribution in [-0.4, -0.2) is 28.7 Å². The maximum absolute atomic E-state index is 12.4. The van der Waals surface area contributed by atoms with E-state index in [0.29, 0.717) is 23.4 Å². The number of carbonyl (C=O) groups excluding carboxylic acids is 1. The third-order valence-electron chi connectivity index (χ3n) is 5.06. The fourth-order valence-corrected chi connectivity index (χ4v) is 3.31. The average Bonchev–Trinajstić information content (AvgIpc) is 2.92. The molecule has 9 heteroatoms. The van der Waals surface area contributed by atoms with Crippen LogP contribution >= 0.6 is 0 Å². The van der Waals surface area contributed by atoms with Crippen LogP contribution in [0.2, 0.25) is 0 Å². The van der Waals surface area contributed by atoms with Crippen molar-refractivity contribution in [3.63, 3.8) is 0 Å². The number of carbonyl (C=O) groups is 1. The summed E-state index contributed by atoms with van der Waals surface area (Å²) in [5.41, 5.74) is 4.52. The first-order valence-electron chi connectivity index (χ1n) is 11.1. The van der Waals surface area contributed by atoms with Crippen LogP contribution in [-0.2, 0) is 11.3 Å². The first-order valence-corrected chi connectivity index (χ1v) is 11.1. The lowest BCUT2D eigenvalue weighted by molar-refractivity contribution is -0.123. The molecule has 0 fully saturated rings. The van der Waals surface area contributed by atoms with Crippen molar-refractivity contribution >= 4 is 18.1 Å². The van der Waals surface area contributed by atoms with E-state index in [-0.39, 0.29) is 29.7 Å². The molecule has 0 saturated heterocycles. The van der Waals surface area contributed by atoms with Gasteiger partial charge in [-0.3, -0.25) is 14.6 Å². The van der Waals surface area contributed by atoms with Crippen molar-refractivity contribution in [1.29, 1.82) is 5.26 Å². The highest BCUT2D eigenvalue weighted by Crippen LogP contribution is 2.20. The summed E-state index contributed by atoms with van der Waals surface area (Å²) in [6.45, 7) is 0.257. The van der Waals surface area contributed by atoms with Gasteiger partial charge in [0.2, 0.25) is 5.95 Å². The van der Waals surface area contributed by atoms with Crippen molar-refractivity contribution in [2.24, 2.45) is 5.10 Å². The largest absolute Gasteiger partial charge is 0.483 e. The SMILES string of the molecule is N#Cc1c(-c2ccccc2)nc(NN=Cc2ccccc2OCC(=O)NCc2ccccc2)[nH]c1=O. The van der Waals surface area contributed by atoms with Crippen LogP contribution in [0.5, 0.6) is 5.75 Å². The van der Waals surface area contributed by atoms with Crippen LogP contribution in [0.15, 0.2) is 94.8 Å². The molecule has 9 nitrogen and oxygen atoms in total. The van der Waals surface area contributed by atoms with Crippen molar-refractivity contribution in [1.82, 2.24) is 15.3 Å². The molecule has 1 heterocycles. The molecular weight excluding hydrogens is 456 g/mol. The fraction of sp³-hybridized carbons (Fsp3) is 0.0741. The summed E-state index contributed by atoms with van der Waals surface area (Å²) in [5.74, 6) is 0.286. The van der Waals surface area contributed by atoms with E-state index in [0.717, 1.165) is 5.56 Å². The summed E-state index contributed by atoms with van der Waals surface area (Å²) in [6.07, 6.45) is 1.48. The molecule has 3 N–H and O–H groups in total. The third-order valence-corrected chi connectivity index (χ3v) is 5.06. The minimum atomic E-state index is -0.575. The van der Waals surface area contributed by atoms with Gasteiger partial charge >= 0.3 is 0 Å². The molecule has 178 valence electrons. The zero-order valence-corrected chi connectivity index (χ0v) is 19.1. The summed E-state index contributed by atoms with van der Waals surface area (Å²) in [7, 11) is 0. The lowest BCUT2D eigenvalue weighted by Crippen LogP contribution is -2.28. The third kappa shape index (κ3) is 6.21. The molecular formula is C27H22N6O3. The number of nitrogens with one attached hydrogen (secondary N) is 3. The number of hydrogen-bond acceptors (Lipinski definition) is 7. The molecule has 0 saturated carbocycles. The summed E-state index contributed by atoms with van der Waals surface area (Å²) in [4.78, 5) is 31.4. The van der Waals surface area contributed by atoms with Gasteiger partial charge in [0.05, 0.1) is 11.9 Å². The van der Waals surface area contributed by atoms with Gasteiger partial charge in [-0.15, -0.1) is 0 Å². The molecule has 0 unspecified atom stereocenters. The molecule has 4 rings (SSSR count). The van der Waals surface area contributed by atoms with E-state index in [1.165, 1.54) is 6.21 Å². The van der Waals surface area contributed by atoms with Crippen molar-refractivity contribution in [3.8, 4) is 23.1 Å². The Bertz CT molecular complexity index is 1460. The minimum Gasteiger partial charge on any atom is -0.483 e. The number of hydrazone groups is 1. The molecule has 0 aliphatic carbocycles. The van der Waals surface area contributed by atoms with E-state index >= 15 is 0 Å². The van der Waals surface area contributed by atoms with Gasteiger partial charge in [0, 0.05) is 17.7 Å². The topological polar surface area (TPSA) is 132 Å². The van der Waals surface area contributed by atoms with Gasteiger partial charge in [0.15, 0.2) is 6.61 Å². The Labute approximate surface area is 207 Å². The Balaban J connectivity index is 1.42. The van der Waals surface area contributed by atoms with Gasteiger partial charge in [-0.1, -0.05) is 72.8 Å². The van der Waals surface area contributed by atoms with Crippen molar-refractivity contribution in [2.45, 2.75) is 6.54 Å². The number of anilines is 1. The number of para-hydroxylation sites is 1. The fourth-order valence-electron chi connectivity index (χ4n) is 3.31. The van der Waals surface area contributed by atoms with Crippen molar-refractivity contribution in [2.75, 3.05) is 12.0 Å². The normalized spacial score (nSPS) is 10.5. The molecule has 0 bridgehead atoms.